The van der Waals surface area contributed by atoms with Gasteiger partial charge >= 0.3 is 0 Å². The van der Waals surface area contributed by atoms with E-state index in [1.54, 1.807) is 44.2 Å². The highest BCUT2D eigenvalue weighted by atomic mass is 32.2. The van der Waals surface area contributed by atoms with Gasteiger partial charge < -0.3 is 4.74 Å². The molecule has 7 heteroatoms. The van der Waals surface area contributed by atoms with E-state index in [9.17, 15) is 17.2 Å². The van der Waals surface area contributed by atoms with Crippen molar-refractivity contribution in [1.29, 1.82) is 0 Å². The smallest absolute Gasteiger partial charge is 0.241 e. The molecule has 0 radical (unpaired) electrons. The third-order valence-corrected chi connectivity index (χ3v) is 6.74. The molecule has 0 aromatic heterocycles. The first kappa shape index (κ1) is 21.2. The van der Waals surface area contributed by atoms with E-state index in [4.69, 9.17) is 4.74 Å². The van der Waals surface area contributed by atoms with E-state index < -0.39 is 21.7 Å². The van der Waals surface area contributed by atoms with Crippen molar-refractivity contribution in [2.75, 3.05) is 7.11 Å². The number of methoxy groups -OCH3 is 1. The summed E-state index contributed by atoms with van der Waals surface area (Å²) in [5, 5.41) is 2.30. The van der Waals surface area contributed by atoms with Gasteiger partial charge in [-0.15, -0.1) is 0 Å². The van der Waals surface area contributed by atoms with Crippen LogP contribution >= 0.6 is 0 Å². The first-order valence-corrected chi connectivity index (χ1v) is 11.2. The average Bonchev–Trinajstić information content (AvgIpc) is 2.70. The predicted octanol–water partition coefficient (Wildman–Crippen LogP) is 5.63. The second-order valence-electron chi connectivity index (χ2n) is 7.59. The van der Waals surface area contributed by atoms with E-state index >= 15 is 0 Å². The number of hydrogen-bond donors (Lipinski definition) is 1. The second-order valence-corrected chi connectivity index (χ2v) is 9.27. The van der Waals surface area contributed by atoms with Crippen molar-refractivity contribution < 1.29 is 21.9 Å². The molecule has 0 spiro atoms. The number of ether oxygens (including phenoxy) is 1. The lowest BCUT2D eigenvalue weighted by atomic mass is 9.93. The van der Waals surface area contributed by atoms with Crippen LogP contribution in [0.15, 0.2) is 65.6 Å². The monoisotopic (exact) mass is 441 g/mol. The molecular weight excluding hydrogens is 420 g/mol. The van der Waals surface area contributed by atoms with Crippen LogP contribution in [0, 0.1) is 11.6 Å². The molecule has 4 rings (SSSR count). The van der Waals surface area contributed by atoms with Crippen molar-refractivity contribution in [3.05, 3.63) is 72.3 Å². The van der Waals surface area contributed by atoms with E-state index in [2.05, 4.69) is 4.72 Å². The summed E-state index contributed by atoms with van der Waals surface area (Å²) in [4.78, 5) is 0.0374. The summed E-state index contributed by atoms with van der Waals surface area (Å²) in [6, 6.07) is 14.6. The summed E-state index contributed by atoms with van der Waals surface area (Å²) < 4.78 is 62.5. The van der Waals surface area contributed by atoms with Crippen molar-refractivity contribution in [1.82, 2.24) is 4.72 Å². The van der Waals surface area contributed by atoms with Crippen molar-refractivity contribution in [3.63, 3.8) is 0 Å². The topological polar surface area (TPSA) is 55.4 Å². The minimum absolute atomic E-state index is 0.0374. The number of nitrogens with one attached hydrogen (secondary N) is 1. The van der Waals surface area contributed by atoms with Gasteiger partial charge in [0.2, 0.25) is 10.0 Å². The van der Waals surface area contributed by atoms with Gasteiger partial charge in [-0.2, -0.15) is 0 Å². The van der Waals surface area contributed by atoms with E-state index in [0.717, 1.165) is 0 Å². The van der Waals surface area contributed by atoms with E-state index in [1.807, 2.05) is 0 Å². The molecule has 0 fully saturated rings. The van der Waals surface area contributed by atoms with Gasteiger partial charge in [0.25, 0.3) is 0 Å². The Balaban J connectivity index is 2.20. The molecule has 0 aliphatic carbocycles. The summed E-state index contributed by atoms with van der Waals surface area (Å²) in [6.45, 7) is 3.46. The van der Waals surface area contributed by atoms with Crippen molar-refractivity contribution in [3.8, 4) is 16.9 Å². The maximum atomic E-state index is 13.9. The summed E-state index contributed by atoms with van der Waals surface area (Å²) in [6.07, 6.45) is 0. The fourth-order valence-electron chi connectivity index (χ4n) is 3.84. The van der Waals surface area contributed by atoms with Crippen LogP contribution < -0.4 is 9.46 Å². The maximum Gasteiger partial charge on any atom is 0.241 e. The van der Waals surface area contributed by atoms with Gasteiger partial charge in [0.15, 0.2) is 0 Å². The fourth-order valence-corrected chi connectivity index (χ4v) is 5.32. The Morgan fingerprint density at radius 3 is 1.90 bits per heavy atom. The van der Waals surface area contributed by atoms with Gasteiger partial charge in [-0.05, 0) is 71.8 Å². The van der Waals surface area contributed by atoms with Crippen LogP contribution in [-0.4, -0.2) is 21.6 Å². The predicted molar refractivity (Wildman–Crippen MR) is 119 cm³/mol. The number of rotatable bonds is 5. The normalized spacial score (nSPS) is 12.1. The average molecular weight is 441 g/mol. The van der Waals surface area contributed by atoms with Crippen LogP contribution in [-0.2, 0) is 10.0 Å². The lowest BCUT2D eigenvalue weighted by Gasteiger charge is -2.19. The molecule has 31 heavy (non-hydrogen) atoms. The van der Waals surface area contributed by atoms with Crippen LogP contribution in [0.4, 0.5) is 8.78 Å². The molecule has 0 amide bonds. The third kappa shape index (κ3) is 3.86. The van der Waals surface area contributed by atoms with Crippen LogP contribution in [0.2, 0.25) is 0 Å². The number of halogens is 2. The minimum Gasteiger partial charge on any atom is -0.496 e. The minimum atomic E-state index is -3.92. The molecule has 0 aliphatic heterocycles. The lowest BCUT2D eigenvalue weighted by Crippen LogP contribution is -2.30. The zero-order chi connectivity index (χ0) is 22.3. The van der Waals surface area contributed by atoms with Crippen molar-refractivity contribution in [2.45, 2.75) is 24.8 Å². The van der Waals surface area contributed by atoms with Gasteiger partial charge in [0.05, 0.1) is 12.0 Å². The SMILES string of the molecule is COc1ccc2cc(F)ccc2c1-c1c(S(=O)(=O)NC(C)C)ccc2cc(F)ccc12. The van der Waals surface area contributed by atoms with Gasteiger partial charge in [-0.25, -0.2) is 21.9 Å². The van der Waals surface area contributed by atoms with Gasteiger partial charge in [-0.3, -0.25) is 0 Å². The van der Waals surface area contributed by atoms with E-state index in [1.165, 1.54) is 37.4 Å². The van der Waals surface area contributed by atoms with E-state index in [0.29, 0.717) is 38.4 Å². The Kier molecular flexibility index (Phi) is 5.41. The summed E-state index contributed by atoms with van der Waals surface area (Å²) in [7, 11) is -2.43. The molecule has 4 nitrogen and oxygen atoms in total. The van der Waals surface area contributed by atoms with Crippen LogP contribution in [0.5, 0.6) is 5.75 Å². The Morgan fingerprint density at radius 1 is 0.806 bits per heavy atom. The maximum absolute atomic E-state index is 13.9. The van der Waals surface area contributed by atoms with Crippen molar-refractivity contribution >= 4 is 31.6 Å². The molecule has 0 saturated heterocycles. The molecule has 4 aromatic rings. The summed E-state index contributed by atoms with van der Waals surface area (Å²) in [5.74, 6) is -0.406. The molecule has 0 saturated carbocycles. The van der Waals surface area contributed by atoms with Crippen molar-refractivity contribution in [2.24, 2.45) is 0 Å². The molecule has 0 atom stereocenters. The Morgan fingerprint density at radius 2 is 1.35 bits per heavy atom. The lowest BCUT2D eigenvalue weighted by molar-refractivity contribution is 0.417. The van der Waals surface area contributed by atoms with Crippen LogP contribution in [0.25, 0.3) is 32.7 Å². The Hall–Kier alpha value is -3.03. The molecule has 0 unspecified atom stereocenters. The molecular formula is C24H21F2NO3S. The highest BCUT2D eigenvalue weighted by Crippen LogP contribution is 2.44. The Labute approximate surface area is 179 Å². The Bertz CT molecular complexity index is 1420. The zero-order valence-electron chi connectivity index (χ0n) is 17.2. The quantitative estimate of drug-likeness (QED) is 0.437. The summed E-state index contributed by atoms with van der Waals surface area (Å²) in [5.41, 5.74) is 0.876. The molecule has 160 valence electrons. The number of sulfonamides is 1. The standard InChI is InChI=1S/C24H21F2NO3S/c1-14(2)27-31(28,29)22-11-5-16-13-18(26)7-9-20(16)24(22)23-19-8-6-17(25)12-15(19)4-10-21(23)30-3/h4-14,27H,1-3H3. The van der Waals surface area contributed by atoms with Gasteiger partial charge in [0.1, 0.15) is 17.4 Å². The first-order valence-electron chi connectivity index (χ1n) is 9.72. The third-order valence-electron chi connectivity index (χ3n) is 5.04. The molecule has 0 aliphatic rings. The fraction of sp³-hybridized carbons (Fsp3) is 0.167. The number of benzene rings is 4. The largest absolute Gasteiger partial charge is 0.496 e. The molecule has 0 bridgehead atoms. The molecule has 4 aromatic carbocycles. The molecule has 0 heterocycles. The van der Waals surface area contributed by atoms with Crippen LogP contribution in [0.1, 0.15) is 13.8 Å². The van der Waals surface area contributed by atoms with Gasteiger partial charge in [-0.1, -0.05) is 24.3 Å². The van der Waals surface area contributed by atoms with E-state index in [-0.39, 0.29) is 10.9 Å². The van der Waals surface area contributed by atoms with Gasteiger partial charge in [0, 0.05) is 17.2 Å². The highest BCUT2D eigenvalue weighted by molar-refractivity contribution is 7.89. The van der Waals surface area contributed by atoms with Crippen LogP contribution in [0.3, 0.4) is 0 Å². The summed E-state index contributed by atoms with van der Waals surface area (Å²) >= 11 is 0. The number of hydrogen-bond acceptors (Lipinski definition) is 3. The first-order chi connectivity index (χ1) is 14.7. The number of fused-ring (bicyclic) bond motifs is 2. The second kappa shape index (κ2) is 7.90. The molecule has 1 N–H and O–H groups in total. The highest BCUT2D eigenvalue weighted by Gasteiger charge is 2.25. The zero-order valence-corrected chi connectivity index (χ0v) is 18.1.